The molecule has 20 heavy (non-hydrogen) atoms. The molecular weight excluding hydrogens is 269 g/mol. The highest BCUT2D eigenvalue weighted by atomic mass is 19.1. The predicted octanol–water partition coefficient (Wildman–Crippen LogP) is 0.660. The van der Waals surface area contributed by atoms with Gasteiger partial charge in [0.1, 0.15) is 11.9 Å². The number of benzene rings is 1. The van der Waals surface area contributed by atoms with Crippen molar-refractivity contribution in [3.05, 3.63) is 35.6 Å². The fourth-order valence-electron chi connectivity index (χ4n) is 1.46. The van der Waals surface area contributed by atoms with Crippen LogP contribution >= 0.6 is 0 Å². The number of halogens is 1. The van der Waals surface area contributed by atoms with Crippen molar-refractivity contribution in [1.29, 1.82) is 0 Å². The van der Waals surface area contributed by atoms with Crippen molar-refractivity contribution < 1.29 is 28.2 Å². The number of nitrogens with one attached hydrogen (secondary N) is 1. The van der Waals surface area contributed by atoms with Gasteiger partial charge in [-0.05, 0) is 18.2 Å². The van der Waals surface area contributed by atoms with Crippen LogP contribution in [0.4, 0.5) is 4.39 Å². The minimum atomic E-state index is -1.19. The van der Waals surface area contributed by atoms with E-state index >= 15 is 0 Å². The van der Waals surface area contributed by atoms with E-state index in [0.717, 1.165) is 20.3 Å². The van der Waals surface area contributed by atoms with E-state index < -0.39 is 29.7 Å². The molecule has 6 nitrogen and oxygen atoms in total. The summed E-state index contributed by atoms with van der Waals surface area (Å²) >= 11 is 0. The van der Waals surface area contributed by atoms with Gasteiger partial charge in [-0.3, -0.25) is 9.59 Å². The van der Waals surface area contributed by atoms with Crippen LogP contribution in [-0.2, 0) is 19.1 Å². The third-order valence-electron chi connectivity index (χ3n) is 2.48. The van der Waals surface area contributed by atoms with Gasteiger partial charge in [0.15, 0.2) is 0 Å². The molecule has 1 aromatic carbocycles. The smallest absolute Gasteiger partial charge is 0.328 e. The molecule has 1 atom stereocenters. The molecule has 0 spiro atoms. The lowest BCUT2D eigenvalue weighted by Crippen LogP contribution is -2.43. The van der Waals surface area contributed by atoms with E-state index in [1.165, 1.54) is 18.2 Å². The Morgan fingerprint density at radius 3 is 2.50 bits per heavy atom. The molecule has 0 saturated heterocycles. The maximum atomic E-state index is 13.0. The number of esters is 2. The van der Waals surface area contributed by atoms with Crippen LogP contribution in [0.15, 0.2) is 24.3 Å². The van der Waals surface area contributed by atoms with E-state index in [9.17, 15) is 18.8 Å². The zero-order chi connectivity index (χ0) is 15.1. The normalized spacial score (nSPS) is 11.3. The molecule has 0 heterocycles. The summed E-state index contributed by atoms with van der Waals surface area (Å²) in [6, 6.07) is 3.75. The second-order valence-electron chi connectivity index (χ2n) is 3.84. The largest absolute Gasteiger partial charge is 0.469 e. The molecule has 0 aliphatic carbocycles. The van der Waals surface area contributed by atoms with Crippen molar-refractivity contribution in [2.45, 2.75) is 12.5 Å². The Bertz CT molecular complexity index is 517. The highest BCUT2D eigenvalue weighted by molar-refractivity contribution is 5.97. The Labute approximate surface area is 114 Å². The summed E-state index contributed by atoms with van der Waals surface area (Å²) in [4.78, 5) is 34.5. The quantitative estimate of drug-likeness (QED) is 0.803. The number of ether oxygens (including phenoxy) is 2. The Morgan fingerprint density at radius 1 is 1.25 bits per heavy atom. The standard InChI is InChI=1S/C13H14FNO5/c1-19-11(16)7-10(13(18)20-2)15-12(17)8-4-3-5-9(14)6-8/h3-6,10H,7H2,1-2H3,(H,15,17)/t10-/m0/s1. The van der Waals surface area contributed by atoms with Crippen molar-refractivity contribution in [2.24, 2.45) is 0 Å². The van der Waals surface area contributed by atoms with Gasteiger partial charge in [0.25, 0.3) is 5.91 Å². The minimum Gasteiger partial charge on any atom is -0.469 e. The van der Waals surface area contributed by atoms with Gasteiger partial charge in [-0.15, -0.1) is 0 Å². The fourth-order valence-corrected chi connectivity index (χ4v) is 1.46. The van der Waals surface area contributed by atoms with Crippen LogP contribution in [0.2, 0.25) is 0 Å². The third kappa shape index (κ3) is 4.34. The van der Waals surface area contributed by atoms with Crippen molar-refractivity contribution in [3.63, 3.8) is 0 Å². The molecule has 1 rings (SSSR count). The average molecular weight is 283 g/mol. The molecule has 0 aliphatic heterocycles. The van der Waals surface area contributed by atoms with Gasteiger partial charge >= 0.3 is 11.9 Å². The highest BCUT2D eigenvalue weighted by Crippen LogP contribution is 2.05. The molecule has 0 radical (unpaired) electrons. The Morgan fingerprint density at radius 2 is 1.95 bits per heavy atom. The van der Waals surface area contributed by atoms with Gasteiger partial charge in [-0.2, -0.15) is 0 Å². The molecular formula is C13H14FNO5. The van der Waals surface area contributed by atoms with Gasteiger partial charge in [-0.1, -0.05) is 6.07 Å². The number of methoxy groups -OCH3 is 2. The third-order valence-corrected chi connectivity index (χ3v) is 2.48. The number of hydrogen-bond acceptors (Lipinski definition) is 5. The molecule has 0 aromatic heterocycles. The van der Waals surface area contributed by atoms with E-state index in [4.69, 9.17) is 0 Å². The Hall–Kier alpha value is -2.44. The lowest BCUT2D eigenvalue weighted by Gasteiger charge is -2.15. The first-order valence-corrected chi connectivity index (χ1v) is 5.69. The zero-order valence-corrected chi connectivity index (χ0v) is 11.0. The fraction of sp³-hybridized carbons (Fsp3) is 0.308. The van der Waals surface area contributed by atoms with Crippen LogP contribution in [-0.4, -0.2) is 38.1 Å². The van der Waals surface area contributed by atoms with E-state index in [2.05, 4.69) is 14.8 Å². The maximum absolute atomic E-state index is 13.0. The summed E-state index contributed by atoms with van der Waals surface area (Å²) in [5.74, 6) is -2.75. The molecule has 1 amide bonds. The van der Waals surface area contributed by atoms with Gasteiger partial charge in [0.2, 0.25) is 0 Å². The van der Waals surface area contributed by atoms with E-state index in [1.54, 1.807) is 0 Å². The number of rotatable bonds is 5. The van der Waals surface area contributed by atoms with E-state index in [-0.39, 0.29) is 12.0 Å². The first kappa shape index (κ1) is 15.6. The lowest BCUT2D eigenvalue weighted by molar-refractivity contribution is -0.149. The van der Waals surface area contributed by atoms with Crippen LogP contribution < -0.4 is 5.32 Å². The molecule has 7 heteroatoms. The lowest BCUT2D eigenvalue weighted by atomic mass is 10.1. The molecule has 1 aromatic rings. The van der Waals surface area contributed by atoms with Gasteiger partial charge in [0, 0.05) is 5.56 Å². The summed E-state index contributed by atoms with van der Waals surface area (Å²) in [6.45, 7) is 0. The second-order valence-corrected chi connectivity index (χ2v) is 3.84. The molecule has 108 valence electrons. The van der Waals surface area contributed by atoms with Crippen LogP contribution in [0.25, 0.3) is 0 Å². The topological polar surface area (TPSA) is 81.7 Å². The molecule has 0 fully saturated rings. The zero-order valence-electron chi connectivity index (χ0n) is 11.0. The Balaban J connectivity index is 2.81. The summed E-state index contributed by atoms with van der Waals surface area (Å²) in [7, 11) is 2.28. The summed E-state index contributed by atoms with van der Waals surface area (Å²) in [5, 5.41) is 2.30. The molecule has 0 aliphatic rings. The van der Waals surface area contributed by atoms with Crippen molar-refractivity contribution in [3.8, 4) is 0 Å². The molecule has 0 bridgehead atoms. The molecule has 0 saturated carbocycles. The first-order valence-electron chi connectivity index (χ1n) is 5.69. The number of hydrogen-bond donors (Lipinski definition) is 1. The number of carbonyl (C=O) groups excluding carboxylic acids is 3. The van der Waals surface area contributed by atoms with Crippen molar-refractivity contribution in [2.75, 3.05) is 14.2 Å². The monoisotopic (exact) mass is 283 g/mol. The van der Waals surface area contributed by atoms with Crippen molar-refractivity contribution >= 4 is 17.8 Å². The summed E-state index contributed by atoms with van der Waals surface area (Å²) < 4.78 is 21.9. The van der Waals surface area contributed by atoms with Crippen molar-refractivity contribution in [1.82, 2.24) is 5.32 Å². The summed E-state index contributed by atoms with van der Waals surface area (Å²) in [5.41, 5.74) is 0.0313. The van der Waals surface area contributed by atoms with Gasteiger partial charge < -0.3 is 14.8 Å². The molecule has 1 N–H and O–H groups in total. The Kier molecular flexibility index (Phi) is 5.64. The number of amides is 1. The van der Waals surface area contributed by atoms with E-state index in [1.807, 2.05) is 0 Å². The number of carbonyl (C=O) groups is 3. The van der Waals surface area contributed by atoms with Crippen LogP contribution in [0.1, 0.15) is 16.8 Å². The first-order chi connectivity index (χ1) is 9.47. The van der Waals surface area contributed by atoms with Crippen LogP contribution in [0.5, 0.6) is 0 Å². The predicted molar refractivity (Wildman–Crippen MR) is 66.3 cm³/mol. The average Bonchev–Trinajstić information content (AvgIpc) is 2.45. The second kappa shape index (κ2) is 7.22. The molecule has 0 unspecified atom stereocenters. The van der Waals surface area contributed by atoms with Crippen LogP contribution in [0.3, 0.4) is 0 Å². The van der Waals surface area contributed by atoms with Crippen LogP contribution in [0, 0.1) is 5.82 Å². The minimum absolute atomic E-state index is 0.0313. The maximum Gasteiger partial charge on any atom is 0.328 e. The highest BCUT2D eigenvalue weighted by Gasteiger charge is 2.25. The SMILES string of the molecule is COC(=O)C[C@H](NC(=O)c1cccc(F)c1)C(=O)OC. The summed E-state index contributed by atoms with van der Waals surface area (Å²) in [6.07, 6.45) is -0.371. The van der Waals surface area contributed by atoms with Gasteiger partial charge in [-0.25, -0.2) is 9.18 Å². The van der Waals surface area contributed by atoms with Gasteiger partial charge in [0.05, 0.1) is 20.6 Å². The van der Waals surface area contributed by atoms with E-state index in [0.29, 0.717) is 0 Å².